The van der Waals surface area contributed by atoms with Crippen LogP contribution in [-0.4, -0.2) is 37.2 Å². The third kappa shape index (κ3) is 3.48. The lowest BCUT2D eigenvalue weighted by atomic mass is 9.64. The van der Waals surface area contributed by atoms with Crippen LogP contribution in [0.3, 0.4) is 0 Å². The third-order valence-corrected chi connectivity index (χ3v) is 4.51. The summed E-state index contributed by atoms with van der Waals surface area (Å²) in [6.07, 6.45) is 3.06. The van der Waals surface area contributed by atoms with Crippen LogP contribution in [0.1, 0.15) is 47.0 Å². The van der Waals surface area contributed by atoms with Crippen molar-refractivity contribution in [3.63, 3.8) is 0 Å². The molecule has 4 nitrogen and oxygen atoms in total. The van der Waals surface area contributed by atoms with Gasteiger partial charge in [-0.25, -0.2) is 0 Å². The first-order chi connectivity index (χ1) is 8.89. The van der Waals surface area contributed by atoms with Crippen LogP contribution in [0.2, 0.25) is 0 Å². The van der Waals surface area contributed by atoms with Gasteiger partial charge in [0.2, 0.25) is 5.91 Å². The number of ether oxygens (including phenoxy) is 1. The minimum atomic E-state index is 0.184. The molecule has 4 heteroatoms. The van der Waals surface area contributed by atoms with E-state index < -0.39 is 0 Å². The van der Waals surface area contributed by atoms with Crippen molar-refractivity contribution >= 4 is 5.91 Å². The summed E-state index contributed by atoms with van der Waals surface area (Å²) in [7, 11) is 0. The van der Waals surface area contributed by atoms with E-state index in [2.05, 4.69) is 38.3 Å². The SMILES string of the molecule is CC(C)COC1CC(NC2CCC(=O)NC2)C1(C)C. The summed E-state index contributed by atoms with van der Waals surface area (Å²) < 4.78 is 5.98. The smallest absolute Gasteiger partial charge is 0.220 e. The van der Waals surface area contributed by atoms with Gasteiger partial charge in [0.1, 0.15) is 0 Å². The second-order valence-electron chi connectivity index (χ2n) is 7.03. The van der Waals surface area contributed by atoms with Gasteiger partial charge in [-0.15, -0.1) is 0 Å². The number of carbonyl (C=O) groups is 1. The number of amides is 1. The lowest BCUT2D eigenvalue weighted by Gasteiger charge is -2.53. The molecule has 2 rings (SSSR count). The highest BCUT2D eigenvalue weighted by Crippen LogP contribution is 2.43. The van der Waals surface area contributed by atoms with Crippen LogP contribution < -0.4 is 10.6 Å². The average molecular weight is 268 g/mol. The molecule has 2 N–H and O–H groups in total. The first-order valence-electron chi connectivity index (χ1n) is 7.54. The Balaban J connectivity index is 1.76. The summed E-state index contributed by atoms with van der Waals surface area (Å²) in [4.78, 5) is 11.1. The van der Waals surface area contributed by atoms with Crippen LogP contribution in [0.4, 0.5) is 0 Å². The molecular weight excluding hydrogens is 240 g/mol. The zero-order valence-electron chi connectivity index (χ0n) is 12.7. The predicted octanol–water partition coefficient (Wildman–Crippen LogP) is 1.69. The predicted molar refractivity (Wildman–Crippen MR) is 75.9 cm³/mol. The highest BCUT2D eigenvalue weighted by molar-refractivity contribution is 5.76. The quantitative estimate of drug-likeness (QED) is 0.798. The van der Waals surface area contributed by atoms with Crippen LogP contribution in [0.15, 0.2) is 0 Å². The van der Waals surface area contributed by atoms with Crippen molar-refractivity contribution in [2.75, 3.05) is 13.2 Å². The first kappa shape index (κ1) is 14.8. The molecule has 110 valence electrons. The highest BCUT2D eigenvalue weighted by atomic mass is 16.5. The minimum absolute atomic E-state index is 0.184. The van der Waals surface area contributed by atoms with Gasteiger partial charge in [-0.05, 0) is 18.8 Å². The Labute approximate surface area is 116 Å². The van der Waals surface area contributed by atoms with Gasteiger partial charge in [0.15, 0.2) is 0 Å². The van der Waals surface area contributed by atoms with Crippen molar-refractivity contribution < 1.29 is 9.53 Å². The van der Waals surface area contributed by atoms with E-state index in [9.17, 15) is 4.79 Å². The molecule has 0 radical (unpaired) electrons. The number of hydrogen-bond acceptors (Lipinski definition) is 3. The molecule has 1 saturated carbocycles. The summed E-state index contributed by atoms with van der Waals surface area (Å²) in [5.74, 6) is 0.778. The maximum Gasteiger partial charge on any atom is 0.220 e. The Morgan fingerprint density at radius 3 is 2.74 bits per heavy atom. The Kier molecular flexibility index (Phi) is 4.51. The summed E-state index contributed by atoms with van der Waals surface area (Å²) in [6.45, 7) is 10.5. The van der Waals surface area contributed by atoms with E-state index in [1.165, 1.54) is 0 Å². The van der Waals surface area contributed by atoms with Crippen molar-refractivity contribution in [3.8, 4) is 0 Å². The van der Waals surface area contributed by atoms with E-state index in [4.69, 9.17) is 4.74 Å². The van der Waals surface area contributed by atoms with Crippen LogP contribution in [-0.2, 0) is 9.53 Å². The van der Waals surface area contributed by atoms with E-state index in [0.29, 0.717) is 30.5 Å². The fourth-order valence-corrected chi connectivity index (χ4v) is 2.92. The lowest BCUT2D eigenvalue weighted by molar-refractivity contribution is -0.129. The van der Waals surface area contributed by atoms with Crippen molar-refractivity contribution in [1.29, 1.82) is 0 Å². The Bertz CT molecular complexity index is 318. The Hall–Kier alpha value is -0.610. The monoisotopic (exact) mass is 268 g/mol. The van der Waals surface area contributed by atoms with E-state index in [1.807, 2.05) is 0 Å². The first-order valence-corrected chi connectivity index (χ1v) is 7.54. The molecule has 3 unspecified atom stereocenters. The van der Waals surface area contributed by atoms with Gasteiger partial charge in [0.05, 0.1) is 6.10 Å². The van der Waals surface area contributed by atoms with Crippen molar-refractivity contribution in [3.05, 3.63) is 0 Å². The van der Waals surface area contributed by atoms with Gasteiger partial charge >= 0.3 is 0 Å². The van der Waals surface area contributed by atoms with Gasteiger partial charge in [0, 0.05) is 37.1 Å². The standard InChI is InChI=1S/C15H28N2O2/c1-10(2)9-19-13-7-12(15(13,3)4)17-11-5-6-14(18)16-8-11/h10-13,17H,5-9H2,1-4H3,(H,16,18). The van der Waals surface area contributed by atoms with Crippen molar-refractivity contribution in [2.24, 2.45) is 11.3 Å². The lowest BCUT2D eigenvalue weighted by Crippen LogP contribution is -2.64. The van der Waals surface area contributed by atoms with Gasteiger partial charge in [0.25, 0.3) is 0 Å². The number of piperidine rings is 1. The van der Waals surface area contributed by atoms with Crippen molar-refractivity contribution in [1.82, 2.24) is 10.6 Å². The largest absolute Gasteiger partial charge is 0.377 e. The normalized spacial score (nSPS) is 33.9. The molecule has 1 aliphatic heterocycles. The molecule has 0 aromatic rings. The molecule has 1 saturated heterocycles. The molecule has 1 amide bonds. The molecule has 0 aromatic carbocycles. The van der Waals surface area contributed by atoms with E-state index in [-0.39, 0.29) is 11.3 Å². The molecule has 0 spiro atoms. The van der Waals surface area contributed by atoms with E-state index in [0.717, 1.165) is 26.0 Å². The fourth-order valence-electron chi connectivity index (χ4n) is 2.92. The third-order valence-electron chi connectivity index (χ3n) is 4.51. The number of hydrogen-bond donors (Lipinski definition) is 2. The maximum absolute atomic E-state index is 11.1. The number of nitrogens with one attached hydrogen (secondary N) is 2. The Morgan fingerprint density at radius 1 is 1.47 bits per heavy atom. The van der Waals surface area contributed by atoms with Crippen LogP contribution in [0.25, 0.3) is 0 Å². The molecule has 19 heavy (non-hydrogen) atoms. The fraction of sp³-hybridized carbons (Fsp3) is 0.933. The van der Waals surface area contributed by atoms with E-state index >= 15 is 0 Å². The van der Waals surface area contributed by atoms with Gasteiger partial charge in [-0.2, -0.15) is 0 Å². The number of carbonyl (C=O) groups excluding carboxylic acids is 1. The summed E-state index contributed by atoms with van der Waals surface area (Å²) in [5.41, 5.74) is 0.191. The van der Waals surface area contributed by atoms with E-state index in [1.54, 1.807) is 0 Å². The molecule has 1 aliphatic carbocycles. The molecule has 2 aliphatic rings. The summed E-state index contributed by atoms with van der Waals surface area (Å²) in [6, 6.07) is 0.928. The maximum atomic E-state index is 11.1. The molecule has 0 aromatic heterocycles. The topological polar surface area (TPSA) is 50.4 Å². The molecule has 3 atom stereocenters. The Morgan fingerprint density at radius 2 is 2.21 bits per heavy atom. The van der Waals surface area contributed by atoms with Crippen LogP contribution >= 0.6 is 0 Å². The number of rotatable bonds is 5. The van der Waals surface area contributed by atoms with Crippen LogP contribution in [0, 0.1) is 11.3 Å². The molecular formula is C15H28N2O2. The minimum Gasteiger partial charge on any atom is -0.377 e. The van der Waals surface area contributed by atoms with Gasteiger partial charge < -0.3 is 15.4 Å². The zero-order chi connectivity index (χ0) is 14.0. The highest BCUT2D eigenvalue weighted by Gasteiger charge is 2.49. The second-order valence-corrected chi connectivity index (χ2v) is 7.03. The van der Waals surface area contributed by atoms with Gasteiger partial charge in [-0.1, -0.05) is 27.7 Å². The second kappa shape index (κ2) is 5.80. The summed E-state index contributed by atoms with van der Waals surface area (Å²) in [5, 5.41) is 6.62. The molecule has 0 bridgehead atoms. The zero-order valence-corrected chi connectivity index (χ0v) is 12.7. The van der Waals surface area contributed by atoms with Crippen molar-refractivity contribution in [2.45, 2.75) is 65.1 Å². The van der Waals surface area contributed by atoms with Crippen LogP contribution in [0.5, 0.6) is 0 Å². The molecule has 2 fully saturated rings. The molecule has 1 heterocycles. The summed E-state index contributed by atoms with van der Waals surface area (Å²) >= 11 is 0. The average Bonchev–Trinajstić information content (AvgIpc) is 2.34. The van der Waals surface area contributed by atoms with Gasteiger partial charge in [-0.3, -0.25) is 4.79 Å².